The molecular weight excluding hydrogens is 360 g/mol. The molecule has 0 aliphatic heterocycles. The Morgan fingerprint density at radius 2 is 1.92 bits per heavy atom. The molecule has 0 atom stereocenters. The lowest BCUT2D eigenvalue weighted by atomic mass is 9.82. The molecule has 24 heavy (non-hydrogen) atoms. The van der Waals surface area contributed by atoms with Crippen LogP contribution in [0.4, 0.5) is 0 Å². The van der Waals surface area contributed by atoms with E-state index in [1.54, 1.807) is 0 Å². The number of furan rings is 1. The van der Waals surface area contributed by atoms with E-state index in [-0.39, 0.29) is 5.41 Å². The van der Waals surface area contributed by atoms with E-state index in [2.05, 4.69) is 72.8 Å². The van der Waals surface area contributed by atoms with E-state index in [4.69, 9.17) is 4.42 Å². The average molecular weight is 379 g/mol. The van der Waals surface area contributed by atoms with E-state index >= 15 is 0 Å². The molecule has 2 aromatic carbocycles. The molecule has 0 bridgehead atoms. The smallest absolute Gasteiger partial charge is 0.143 e. The minimum absolute atomic E-state index is 0.0377. The molecule has 0 N–H and O–H groups in total. The Bertz CT molecular complexity index is 1110. The molecular formula is C22H19BrO. The fourth-order valence-electron chi connectivity index (χ4n) is 3.79. The number of rotatable bonds is 1. The Hall–Kier alpha value is -2.06. The van der Waals surface area contributed by atoms with Crippen LogP contribution in [0.5, 0.6) is 0 Å². The zero-order chi connectivity index (χ0) is 17.1. The fraction of sp³-hybridized carbons (Fsp3) is 0.182. The summed E-state index contributed by atoms with van der Waals surface area (Å²) in [5.74, 6) is 0. The summed E-state index contributed by atoms with van der Waals surface area (Å²) in [4.78, 5) is 0. The summed E-state index contributed by atoms with van der Waals surface area (Å²) >= 11 is 3.61. The summed E-state index contributed by atoms with van der Waals surface area (Å²) in [5, 5.41) is 2.19. The first-order valence-corrected chi connectivity index (χ1v) is 8.93. The van der Waals surface area contributed by atoms with Crippen molar-refractivity contribution >= 4 is 39.6 Å². The first-order valence-electron chi connectivity index (χ1n) is 8.13. The van der Waals surface area contributed by atoms with Crippen LogP contribution in [0, 0.1) is 0 Å². The van der Waals surface area contributed by atoms with E-state index in [9.17, 15) is 0 Å². The summed E-state index contributed by atoms with van der Waals surface area (Å²) in [6.45, 7) is 10.7. The van der Waals surface area contributed by atoms with Gasteiger partial charge in [-0.05, 0) is 35.7 Å². The second-order valence-corrected chi connectivity index (χ2v) is 7.73. The number of halogens is 1. The van der Waals surface area contributed by atoms with Crippen LogP contribution in [-0.4, -0.2) is 0 Å². The molecule has 0 unspecified atom stereocenters. The van der Waals surface area contributed by atoms with Gasteiger partial charge in [-0.15, -0.1) is 0 Å². The summed E-state index contributed by atoms with van der Waals surface area (Å²) in [6, 6.07) is 10.9. The zero-order valence-electron chi connectivity index (χ0n) is 14.1. The van der Waals surface area contributed by atoms with E-state index < -0.39 is 0 Å². The van der Waals surface area contributed by atoms with Gasteiger partial charge in [0.05, 0.1) is 0 Å². The second-order valence-electron chi connectivity index (χ2n) is 6.81. The minimum atomic E-state index is -0.0377. The molecule has 1 aliphatic carbocycles. The van der Waals surface area contributed by atoms with Gasteiger partial charge in [0.2, 0.25) is 0 Å². The van der Waals surface area contributed by atoms with Crippen molar-refractivity contribution in [2.45, 2.75) is 26.2 Å². The molecule has 0 spiro atoms. The fourth-order valence-corrected chi connectivity index (χ4v) is 4.15. The van der Waals surface area contributed by atoms with Gasteiger partial charge < -0.3 is 4.42 Å². The van der Waals surface area contributed by atoms with Gasteiger partial charge in [-0.3, -0.25) is 0 Å². The molecule has 1 aromatic heterocycles. The van der Waals surface area contributed by atoms with E-state index in [0.29, 0.717) is 0 Å². The Balaban J connectivity index is 2.17. The van der Waals surface area contributed by atoms with Crippen LogP contribution in [0.15, 0.2) is 51.4 Å². The van der Waals surface area contributed by atoms with Crippen molar-refractivity contribution in [1.29, 1.82) is 0 Å². The van der Waals surface area contributed by atoms with Crippen LogP contribution < -0.4 is 10.6 Å². The largest absolute Gasteiger partial charge is 0.456 e. The SMILES string of the molecule is C=c1oc2c3c(ccc2/c1=C/C=C\C)C(C)(C)c1cc(Br)ccc1-3. The van der Waals surface area contributed by atoms with Gasteiger partial charge in [0, 0.05) is 26.1 Å². The maximum Gasteiger partial charge on any atom is 0.143 e. The minimum Gasteiger partial charge on any atom is -0.456 e. The molecule has 1 aliphatic rings. The van der Waals surface area contributed by atoms with Gasteiger partial charge in [0.15, 0.2) is 0 Å². The maximum atomic E-state index is 6.13. The number of benzene rings is 2. The molecule has 120 valence electrons. The summed E-state index contributed by atoms with van der Waals surface area (Å²) in [6.07, 6.45) is 6.12. The highest BCUT2D eigenvalue weighted by Crippen LogP contribution is 2.51. The number of hydrogen-bond donors (Lipinski definition) is 0. The van der Waals surface area contributed by atoms with Gasteiger partial charge in [0.1, 0.15) is 11.0 Å². The molecule has 4 rings (SSSR count). The Kier molecular flexibility index (Phi) is 3.36. The molecule has 3 aromatic rings. The van der Waals surface area contributed by atoms with Crippen molar-refractivity contribution in [2.24, 2.45) is 0 Å². The predicted molar refractivity (Wildman–Crippen MR) is 106 cm³/mol. The Morgan fingerprint density at radius 3 is 2.67 bits per heavy atom. The molecule has 0 amide bonds. The van der Waals surface area contributed by atoms with Crippen molar-refractivity contribution in [2.75, 3.05) is 0 Å². The third-order valence-corrected chi connectivity index (χ3v) is 5.52. The van der Waals surface area contributed by atoms with Gasteiger partial charge in [-0.1, -0.05) is 72.8 Å². The zero-order valence-corrected chi connectivity index (χ0v) is 15.7. The van der Waals surface area contributed by atoms with E-state index in [1.165, 1.54) is 22.3 Å². The quantitative estimate of drug-likeness (QED) is 0.562. The number of allylic oxidation sites excluding steroid dienone is 2. The highest BCUT2D eigenvalue weighted by atomic mass is 79.9. The maximum absolute atomic E-state index is 6.13. The van der Waals surface area contributed by atoms with Crippen LogP contribution >= 0.6 is 15.9 Å². The van der Waals surface area contributed by atoms with E-state index in [1.807, 2.05) is 19.1 Å². The van der Waals surface area contributed by atoms with Gasteiger partial charge in [-0.25, -0.2) is 0 Å². The molecule has 1 nitrogen and oxygen atoms in total. The van der Waals surface area contributed by atoms with Gasteiger partial charge >= 0.3 is 0 Å². The van der Waals surface area contributed by atoms with Crippen LogP contribution in [0.2, 0.25) is 0 Å². The monoisotopic (exact) mass is 378 g/mol. The molecule has 0 saturated heterocycles. The van der Waals surface area contributed by atoms with Crippen molar-refractivity contribution in [3.8, 4) is 11.1 Å². The molecule has 1 heterocycles. The van der Waals surface area contributed by atoms with Crippen molar-refractivity contribution in [3.05, 3.63) is 68.7 Å². The van der Waals surface area contributed by atoms with Crippen LogP contribution in [0.1, 0.15) is 31.9 Å². The highest BCUT2D eigenvalue weighted by molar-refractivity contribution is 9.10. The van der Waals surface area contributed by atoms with E-state index in [0.717, 1.165) is 26.1 Å². The van der Waals surface area contributed by atoms with Crippen molar-refractivity contribution in [3.63, 3.8) is 0 Å². The summed E-state index contributed by atoms with van der Waals surface area (Å²) < 4.78 is 7.24. The second kappa shape index (κ2) is 5.22. The van der Waals surface area contributed by atoms with Crippen molar-refractivity contribution < 1.29 is 4.42 Å². The molecule has 0 radical (unpaired) electrons. The number of hydrogen-bond acceptors (Lipinski definition) is 1. The average Bonchev–Trinajstić information content (AvgIpc) is 2.98. The topological polar surface area (TPSA) is 13.1 Å². The third kappa shape index (κ3) is 1.99. The lowest BCUT2D eigenvalue weighted by Gasteiger charge is -2.21. The van der Waals surface area contributed by atoms with Gasteiger partial charge in [0.25, 0.3) is 0 Å². The molecule has 2 heteroatoms. The molecule has 0 fully saturated rings. The lowest BCUT2D eigenvalue weighted by Crippen LogP contribution is -2.17. The Labute approximate surface area is 150 Å². The third-order valence-electron chi connectivity index (χ3n) is 5.03. The normalized spacial score (nSPS) is 16.1. The van der Waals surface area contributed by atoms with Crippen LogP contribution in [-0.2, 0) is 5.41 Å². The van der Waals surface area contributed by atoms with Crippen LogP contribution in [0.25, 0.3) is 34.8 Å². The lowest BCUT2D eigenvalue weighted by molar-refractivity contribution is 0.577. The van der Waals surface area contributed by atoms with Crippen LogP contribution in [0.3, 0.4) is 0 Å². The van der Waals surface area contributed by atoms with Crippen molar-refractivity contribution in [1.82, 2.24) is 0 Å². The Morgan fingerprint density at radius 1 is 1.12 bits per heavy atom. The summed E-state index contributed by atoms with van der Waals surface area (Å²) in [7, 11) is 0. The highest BCUT2D eigenvalue weighted by Gasteiger charge is 2.37. The summed E-state index contributed by atoms with van der Waals surface area (Å²) in [5.41, 5.74) is 6.75. The standard InChI is InChI=1S/C22H19BrO/c1-5-6-7-15-13(2)24-21-16(15)10-11-18-20(21)17-9-8-14(23)12-19(17)22(18,3)4/h5-12H,2H2,1,3-4H3/b6-5-,15-7+. The predicted octanol–water partition coefficient (Wildman–Crippen LogP) is 5.27. The number of fused-ring (bicyclic) bond motifs is 5. The first-order chi connectivity index (χ1) is 11.4. The van der Waals surface area contributed by atoms with Gasteiger partial charge in [-0.2, -0.15) is 0 Å². The molecule has 0 saturated carbocycles. The first kappa shape index (κ1) is 15.5.